The van der Waals surface area contributed by atoms with Gasteiger partial charge in [0.2, 0.25) is 0 Å². The molecule has 1 atom stereocenters. The van der Waals surface area contributed by atoms with Crippen molar-refractivity contribution >= 4 is 18.0 Å². The summed E-state index contributed by atoms with van der Waals surface area (Å²) < 4.78 is 5.14. The van der Waals surface area contributed by atoms with Gasteiger partial charge in [-0.1, -0.05) is 32.3 Å². The Morgan fingerprint density at radius 1 is 1.38 bits per heavy atom. The van der Waals surface area contributed by atoms with Gasteiger partial charge in [-0.3, -0.25) is 14.4 Å². The molecule has 0 N–H and O–H groups in total. The van der Waals surface area contributed by atoms with Gasteiger partial charge in [0.15, 0.2) is 0 Å². The van der Waals surface area contributed by atoms with Crippen molar-refractivity contribution in [3.05, 3.63) is 0 Å². The summed E-state index contributed by atoms with van der Waals surface area (Å²) in [7, 11) is 0. The molecular weight excluding hydrogens is 276 g/mol. The molecule has 2 amide bonds. The summed E-state index contributed by atoms with van der Waals surface area (Å²) in [5.74, 6) is -1.14. The first-order valence-electron chi connectivity index (χ1n) is 6.93. The molecule has 1 fully saturated rings. The van der Waals surface area contributed by atoms with Crippen LogP contribution < -0.4 is 0 Å². The summed E-state index contributed by atoms with van der Waals surface area (Å²) >= 11 is 0. The largest absolute Gasteiger partial charge is 0.534 e. The van der Waals surface area contributed by atoms with Gasteiger partial charge in [0.1, 0.15) is 6.10 Å². The summed E-state index contributed by atoms with van der Waals surface area (Å²) in [4.78, 5) is 39.1. The average molecular weight is 296 g/mol. The van der Waals surface area contributed by atoms with Gasteiger partial charge in [0.05, 0.1) is 12.5 Å². The molecule has 0 aromatic rings. The minimum atomic E-state index is -1.14. The monoisotopic (exact) mass is 296 g/mol. The molecule has 1 unspecified atom stereocenters. The number of hydroxylamine groups is 2. The van der Waals surface area contributed by atoms with Gasteiger partial charge in [-0.05, 0) is 6.42 Å². The van der Waals surface area contributed by atoms with Gasteiger partial charge in [0, 0.05) is 18.3 Å². The molecule has 1 rings (SSSR count). The summed E-state index contributed by atoms with van der Waals surface area (Å²) in [5.41, 5.74) is -0.400. The molecule has 0 bridgehead atoms. The second kappa shape index (κ2) is 7.07. The van der Waals surface area contributed by atoms with Crippen molar-refractivity contribution in [2.45, 2.75) is 59.0 Å². The van der Waals surface area contributed by atoms with Crippen LogP contribution in [0, 0.1) is 16.7 Å². The van der Waals surface area contributed by atoms with Gasteiger partial charge in [-0.15, -0.1) is 0 Å². The third kappa shape index (κ3) is 4.45. The van der Waals surface area contributed by atoms with E-state index in [2.05, 4.69) is 4.84 Å². The van der Waals surface area contributed by atoms with E-state index >= 15 is 0 Å². The van der Waals surface area contributed by atoms with Crippen molar-refractivity contribution in [1.29, 1.82) is 5.26 Å². The first kappa shape index (κ1) is 17.0. The topological polar surface area (TPSA) is 96.7 Å². The van der Waals surface area contributed by atoms with E-state index in [-0.39, 0.29) is 19.3 Å². The van der Waals surface area contributed by atoms with Crippen LogP contribution in [0.5, 0.6) is 0 Å². The lowest BCUT2D eigenvalue weighted by molar-refractivity contribution is -0.180. The lowest BCUT2D eigenvalue weighted by Crippen LogP contribution is -2.38. The summed E-state index contributed by atoms with van der Waals surface area (Å²) in [6.07, 6.45) is -0.107. The first-order chi connectivity index (χ1) is 9.81. The number of hydrogen-bond acceptors (Lipinski definition) is 6. The summed E-state index contributed by atoms with van der Waals surface area (Å²) in [6.45, 7) is 5.76. The Morgan fingerprint density at radius 3 is 2.43 bits per heavy atom. The molecule has 0 aliphatic carbocycles. The summed E-state index contributed by atoms with van der Waals surface area (Å²) in [5, 5.41) is 9.28. The minimum absolute atomic E-state index is 0.0179. The molecule has 0 radical (unpaired) electrons. The molecular formula is C14H20N2O5. The number of nitrogens with zero attached hydrogens (tertiary/aromatic N) is 2. The standard InChI is InChI=1S/C14H20N2O5/c1-4-8-14(2,3)10(7-9-15)20-13(19)21-16-11(17)5-6-12(16)18/h10H,4-8H2,1-3H3. The highest BCUT2D eigenvalue weighted by atomic mass is 16.8. The number of ether oxygens (including phenoxy) is 1. The molecule has 1 heterocycles. The van der Waals surface area contributed by atoms with Crippen LogP contribution in [0.3, 0.4) is 0 Å². The number of carbonyl (C=O) groups excluding carboxylic acids is 3. The van der Waals surface area contributed by atoms with E-state index in [9.17, 15) is 14.4 Å². The lowest BCUT2D eigenvalue weighted by Gasteiger charge is -2.31. The number of hydrogen-bond donors (Lipinski definition) is 0. The molecule has 0 aromatic carbocycles. The number of amides is 2. The Labute approximate surface area is 123 Å². The number of nitriles is 1. The van der Waals surface area contributed by atoms with E-state index in [4.69, 9.17) is 10.00 Å². The quantitative estimate of drug-likeness (QED) is 0.551. The predicted octanol–water partition coefficient (Wildman–Crippen LogP) is 2.31. The Morgan fingerprint density at radius 2 is 1.95 bits per heavy atom. The zero-order valence-electron chi connectivity index (χ0n) is 12.5. The molecule has 0 saturated carbocycles. The molecule has 1 saturated heterocycles. The van der Waals surface area contributed by atoms with Crippen LogP contribution in [0.1, 0.15) is 52.9 Å². The van der Waals surface area contributed by atoms with Gasteiger partial charge < -0.3 is 4.74 Å². The second-order valence-electron chi connectivity index (χ2n) is 5.63. The van der Waals surface area contributed by atoms with Crippen molar-refractivity contribution in [2.24, 2.45) is 5.41 Å². The minimum Gasteiger partial charge on any atom is -0.428 e. The fraction of sp³-hybridized carbons (Fsp3) is 0.714. The maximum atomic E-state index is 11.7. The summed E-state index contributed by atoms with van der Waals surface area (Å²) in [6, 6.07) is 1.97. The van der Waals surface area contributed by atoms with Gasteiger partial charge >= 0.3 is 6.16 Å². The average Bonchev–Trinajstić information content (AvgIpc) is 2.70. The van der Waals surface area contributed by atoms with Crippen LogP contribution in [-0.4, -0.2) is 29.1 Å². The number of carbonyl (C=O) groups is 3. The van der Waals surface area contributed by atoms with Crippen molar-refractivity contribution in [3.8, 4) is 6.07 Å². The molecule has 7 nitrogen and oxygen atoms in total. The normalized spacial score (nSPS) is 16.6. The van der Waals surface area contributed by atoms with Crippen molar-refractivity contribution in [2.75, 3.05) is 0 Å². The Balaban J connectivity index is 2.67. The number of rotatable bonds is 6. The highest BCUT2D eigenvalue weighted by molar-refractivity contribution is 6.01. The fourth-order valence-corrected chi connectivity index (χ4v) is 2.24. The van der Waals surface area contributed by atoms with Crippen molar-refractivity contribution in [3.63, 3.8) is 0 Å². The van der Waals surface area contributed by atoms with Crippen molar-refractivity contribution < 1.29 is 24.0 Å². The van der Waals surface area contributed by atoms with Crippen LogP contribution in [-0.2, 0) is 19.2 Å². The zero-order valence-corrected chi connectivity index (χ0v) is 12.5. The third-order valence-electron chi connectivity index (χ3n) is 3.45. The van der Waals surface area contributed by atoms with E-state index in [1.54, 1.807) is 0 Å². The molecule has 0 spiro atoms. The molecule has 21 heavy (non-hydrogen) atoms. The van der Waals surface area contributed by atoms with Crippen LogP contribution in [0.25, 0.3) is 0 Å². The lowest BCUT2D eigenvalue weighted by atomic mass is 9.81. The maximum Gasteiger partial charge on any atom is 0.534 e. The highest BCUT2D eigenvalue weighted by Gasteiger charge is 2.36. The molecule has 0 aromatic heterocycles. The second-order valence-corrected chi connectivity index (χ2v) is 5.63. The molecule has 1 aliphatic rings. The maximum absolute atomic E-state index is 11.7. The highest BCUT2D eigenvalue weighted by Crippen LogP contribution is 2.31. The van der Waals surface area contributed by atoms with E-state index in [0.29, 0.717) is 5.06 Å². The van der Waals surface area contributed by atoms with Crippen LogP contribution in [0.15, 0.2) is 0 Å². The zero-order chi connectivity index (χ0) is 16.0. The Hall–Kier alpha value is -2.10. The smallest absolute Gasteiger partial charge is 0.428 e. The molecule has 1 aliphatic heterocycles. The van der Waals surface area contributed by atoms with E-state index < -0.39 is 29.5 Å². The van der Waals surface area contributed by atoms with Gasteiger partial charge in [-0.2, -0.15) is 5.26 Å². The van der Waals surface area contributed by atoms with E-state index in [0.717, 1.165) is 12.8 Å². The molecule has 7 heteroatoms. The van der Waals surface area contributed by atoms with Gasteiger partial charge in [0.25, 0.3) is 11.8 Å². The third-order valence-corrected chi connectivity index (χ3v) is 3.45. The van der Waals surface area contributed by atoms with E-state index in [1.807, 2.05) is 26.8 Å². The Kier molecular flexibility index (Phi) is 5.70. The Bertz CT molecular complexity index is 450. The van der Waals surface area contributed by atoms with Crippen LogP contribution in [0.2, 0.25) is 0 Å². The molecule has 116 valence electrons. The fourth-order valence-electron chi connectivity index (χ4n) is 2.24. The first-order valence-corrected chi connectivity index (χ1v) is 6.93. The number of imide groups is 1. The van der Waals surface area contributed by atoms with E-state index in [1.165, 1.54) is 0 Å². The van der Waals surface area contributed by atoms with Crippen LogP contribution in [0.4, 0.5) is 4.79 Å². The van der Waals surface area contributed by atoms with Gasteiger partial charge in [-0.25, -0.2) is 4.79 Å². The van der Waals surface area contributed by atoms with Crippen LogP contribution >= 0.6 is 0 Å². The predicted molar refractivity (Wildman–Crippen MR) is 71.4 cm³/mol. The SMILES string of the molecule is CCCC(C)(C)C(CC#N)OC(=O)ON1C(=O)CCC1=O. The van der Waals surface area contributed by atoms with Crippen molar-refractivity contribution in [1.82, 2.24) is 5.06 Å².